The lowest BCUT2D eigenvalue weighted by molar-refractivity contribution is -0.133. The van der Waals surface area contributed by atoms with E-state index in [2.05, 4.69) is 19.9 Å². The lowest BCUT2D eigenvalue weighted by Gasteiger charge is -2.35. The van der Waals surface area contributed by atoms with Crippen LogP contribution in [0.2, 0.25) is 5.02 Å². The first kappa shape index (κ1) is 20.0. The highest BCUT2D eigenvalue weighted by Gasteiger charge is 2.25. The summed E-state index contributed by atoms with van der Waals surface area (Å²) in [5.41, 5.74) is 6.66. The zero-order valence-electron chi connectivity index (χ0n) is 15.7. The summed E-state index contributed by atoms with van der Waals surface area (Å²) in [5.74, 6) is 1.53. The van der Waals surface area contributed by atoms with Crippen molar-refractivity contribution in [3.05, 3.63) is 29.3 Å². The van der Waals surface area contributed by atoms with E-state index in [0.717, 1.165) is 20.5 Å². The number of thioether (sulfide) groups is 1. The van der Waals surface area contributed by atoms with Crippen molar-refractivity contribution >= 4 is 62.7 Å². The van der Waals surface area contributed by atoms with Crippen LogP contribution in [-0.4, -0.2) is 64.8 Å². The van der Waals surface area contributed by atoms with Crippen molar-refractivity contribution < 1.29 is 9.53 Å². The van der Waals surface area contributed by atoms with Crippen molar-refractivity contribution in [3.63, 3.8) is 0 Å². The Bertz CT molecular complexity index is 1020. The third-order valence-electron chi connectivity index (χ3n) is 4.52. The number of piperazine rings is 1. The fraction of sp³-hybridized carbons (Fsp3) is 0.333. The van der Waals surface area contributed by atoms with E-state index in [9.17, 15) is 4.79 Å². The number of anilines is 2. The highest BCUT2D eigenvalue weighted by molar-refractivity contribution is 8.00. The Kier molecular flexibility index (Phi) is 5.93. The van der Waals surface area contributed by atoms with Gasteiger partial charge >= 0.3 is 0 Å². The SMILES string of the molecule is CSc1nc2c(N3CCN(C(=O)COc4ccc(Cl)cc4)CC3)nc(N)nc2s1. The molecule has 3 aromatic rings. The third-order valence-corrected chi connectivity index (χ3v) is 6.71. The number of thiazole rings is 1. The molecule has 11 heteroatoms. The molecule has 1 amide bonds. The van der Waals surface area contributed by atoms with Gasteiger partial charge in [0.2, 0.25) is 5.95 Å². The van der Waals surface area contributed by atoms with Crippen LogP contribution < -0.4 is 15.4 Å². The zero-order valence-corrected chi connectivity index (χ0v) is 18.1. The van der Waals surface area contributed by atoms with Crippen LogP contribution in [0.25, 0.3) is 10.3 Å². The van der Waals surface area contributed by atoms with Crippen LogP contribution in [0.3, 0.4) is 0 Å². The lowest BCUT2D eigenvalue weighted by atomic mass is 10.3. The predicted octanol–water partition coefficient (Wildman–Crippen LogP) is 2.77. The molecule has 8 nitrogen and oxygen atoms in total. The largest absolute Gasteiger partial charge is 0.484 e. The molecule has 0 radical (unpaired) electrons. The maximum Gasteiger partial charge on any atom is 0.260 e. The fourth-order valence-electron chi connectivity index (χ4n) is 3.05. The van der Waals surface area contributed by atoms with E-state index < -0.39 is 0 Å². The molecule has 0 atom stereocenters. The van der Waals surface area contributed by atoms with Crippen LogP contribution in [0, 0.1) is 0 Å². The number of hydrogen-bond donors (Lipinski definition) is 1. The Balaban J connectivity index is 1.39. The molecule has 0 aliphatic carbocycles. The van der Waals surface area contributed by atoms with Gasteiger partial charge in [-0.3, -0.25) is 4.79 Å². The molecule has 4 rings (SSSR count). The number of rotatable bonds is 5. The molecule has 2 N–H and O–H groups in total. The standard InChI is InChI=1S/C18H19ClN6O2S2/c1-28-18-21-14-15(22-17(20)23-16(14)29-18)25-8-6-24(7-9-25)13(26)10-27-12-4-2-11(19)3-5-12/h2-5H,6-10H2,1H3,(H2,20,22,23). The van der Waals surface area contributed by atoms with Gasteiger partial charge in [0, 0.05) is 31.2 Å². The molecule has 1 aliphatic heterocycles. The van der Waals surface area contributed by atoms with E-state index in [1.165, 1.54) is 11.3 Å². The molecule has 1 aromatic carbocycles. The van der Waals surface area contributed by atoms with Gasteiger partial charge in [0.25, 0.3) is 5.91 Å². The Morgan fingerprint density at radius 2 is 1.93 bits per heavy atom. The van der Waals surface area contributed by atoms with E-state index in [1.807, 2.05) is 6.26 Å². The number of ether oxygens (including phenoxy) is 1. The number of carbonyl (C=O) groups is 1. The molecule has 0 spiro atoms. The Labute approximate surface area is 181 Å². The normalized spacial score (nSPS) is 14.4. The highest BCUT2D eigenvalue weighted by atomic mass is 35.5. The minimum atomic E-state index is -0.0507. The smallest absolute Gasteiger partial charge is 0.260 e. The summed E-state index contributed by atoms with van der Waals surface area (Å²) < 4.78 is 6.49. The Hall–Kier alpha value is -2.30. The zero-order chi connectivity index (χ0) is 20.4. The summed E-state index contributed by atoms with van der Waals surface area (Å²) in [4.78, 5) is 30.5. The molecule has 2 aromatic heterocycles. The van der Waals surface area contributed by atoms with Gasteiger partial charge in [-0.2, -0.15) is 4.98 Å². The summed E-state index contributed by atoms with van der Waals surface area (Å²) in [5, 5.41) is 0.629. The fourth-order valence-corrected chi connectivity index (χ4v) is 4.60. The number of carbonyl (C=O) groups excluding carboxylic acids is 1. The van der Waals surface area contributed by atoms with Crippen LogP contribution in [0.15, 0.2) is 28.6 Å². The first-order chi connectivity index (χ1) is 14.0. The van der Waals surface area contributed by atoms with Gasteiger partial charge in [-0.1, -0.05) is 34.7 Å². The van der Waals surface area contributed by atoms with Gasteiger partial charge in [0.05, 0.1) is 0 Å². The number of nitrogens with zero attached hydrogens (tertiary/aromatic N) is 5. The van der Waals surface area contributed by atoms with Gasteiger partial charge in [0.15, 0.2) is 21.6 Å². The van der Waals surface area contributed by atoms with Gasteiger partial charge in [0.1, 0.15) is 11.3 Å². The quantitative estimate of drug-likeness (QED) is 0.592. The average molecular weight is 451 g/mol. The van der Waals surface area contributed by atoms with Crippen molar-refractivity contribution in [1.82, 2.24) is 19.9 Å². The van der Waals surface area contributed by atoms with E-state index in [0.29, 0.717) is 37.0 Å². The highest BCUT2D eigenvalue weighted by Crippen LogP contribution is 2.32. The van der Waals surface area contributed by atoms with E-state index in [1.54, 1.807) is 40.9 Å². The summed E-state index contributed by atoms with van der Waals surface area (Å²) in [7, 11) is 0. The first-order valence-corrected chi connectivity index (χ1v) is 11.3. The molecule has 3 heterocycles. The van der Waals surface area contributed by atoms with Crippen molar-refractivity contribution in [1.29, 1.82) is 0 Å². The minimum Gasteiger partial charge on any atom is -0.484 e. The van der Waals surface area contributed by atoms with Crippen molar-refractivity contribution in [3.8, 4) is 5.75 Å². The van der Waals surface area contributed by atoms with Crippen molar-refractivity contribution in [2.24, 2.45) is 0 Å². The second-order valence-corrected chi connectivity index (χ2v) is 8.82. The summed E-state index contributed by atoms with van der Waals surface area (Å²) >= 11 is 8.93. The second-order valence-electron chi connectivity index (χ2n) is 6.35. The minimum absolute atomic E-state index is 0.00446. The van der Waals surface area contributed by atoms with Crippen molar-refractivity contribution in [2.75, 3.05) is 49.7 Å². The molecule has 0 unspecified atom stereocenters. The number of amides is 1. The molecule has 29 heavy (non-hydrogen) atoms. The van der Waals surface area contributed by atoms with Gasteiger partial charge in [-0.05, 0) is 30.5 Å². The molecule has 0 bridgehead atoms. The van der Waals surface area contributed by atoms with E-state index >= 15 is 0 Å². The van der Waals surface area contributed by atoms with Gasteiger partial charge in [-0.25, -0.2) is 9.97 Å². The maximum absolute atomic E-state index is 12.5. The van der Waals surface area contributed by atoms with Crippen LogP contribution >= 0.6 is 34.7 Å². The second kappa shape index (κ2) is 8.60. The molecule has 1 saturated heterocycles. The average Bonchev–Trinajstić information content (AvgIpc) is 3.15. The molecule has 0 saturated carbocycles. The summed E-state index contributed by atoms with van der Waals surface area (Å²) in [6.07, 6.45) is 1.98. The number of fused-ring (bicyclic) bond motifs is 1. The van der Waals surface area contributed by atoms with Crippen LogP contribution in [-0.2, 0) is 4.79 Å². The number of nitrogens with two attached hydrogens (primary N) is 1. The molecule has 1 aliphatic rings. The van der Waals surface area contributed by atoms with Crippen LogP contribution in [0.5, 0.6) is 5.75 Å². The molecule has 1 fully saturated rings. The molecular weight excluding hydrogens is 432 g/mol. The van der Waals surface area contributed by atoms with Gasteiger partial charge in [-0.15, -0.1) is 0 Å². The van der Waals surface area contributed by atoms with E-state index in [4.69, 9.17) is 22.1 Å². The third kappa shape index (κ3) is 4.49. The number of aromatic nitrogens is 3. The predicted molar refractivity (Wildman–Crippen MR) is 117 cm³/mol. The molecular formula is C18H19ClN6O2S2. The van der Waals surface area contributed by atoms with Crippen LogP contribution in [0.1, 0.15) is 0 Å². The van der Waals surface area contributed by atoms with Gasteiger partial charge < -0.3 is 20.3 Å². The number of halogens is 1. The Morgan fingerprint density at radius 1 is 1.21 bits per heavy atom. The van der Waals surface area contributed by atoms with Crippen LogP contribution in [0.4, 0.5) is 11.8 Å². The topological polar surface area (TPSA) is 97.5 Å². The maximum atomic E-state index is 12.5. The Morgan fingerprint density at radius 3 is 2.62 bits per heavy atom. The summed E-state index contributed by atoms with van der Waals surface area (Å²) in [6, 6.07) is 6.95. The molecule has 152 valence electrons. The summed E-state index contributed by atoms with van der Waals surface area (Å²) in [6.45, 7) is 2.44. The number of hydrogen-bond acceptors (Lipinski definition) is 9. The number of nitrogen functional groups attached to an aromatic ring is 1. The van der Waals surface area contributed by atoms with Crippen molar-refractivity contribution in [2.45, 2.75) is 4.34 Å². The monoisotopic (exact) mass is 450 g/mol. The first-order valence-electron chi connectivity index (χ1n) is 8.92. The lowest BCUT2D eigenvalue weighted by Crippen LogP contribution is -2.50. The van der Waals surface area contributed by atoms with E-state index in [-0.39, 0.29) is 18.5 Å². The number of benzene rings is 1.